The van der Waals surface area contributed by atoms with Gasteiger partial charge >= 0.3 is 0 Å². The monoisotopic (exact) mass is 284 g/mol. The Morgan fingerprint density at radius 2 is 1.75 bits per heavy atom. The minimum atomic E-state index is -2.57. The molecule has 0 saturated heterocycles. The lowest BCUT2D eigenvalue weighted by Gasteiger charge is -2.31. The van der Waals surface area contributed by atoms with E-state index in [1.807, 2.05) is 0 Å². The van der Waals surface area contributed by atoms with Crippen LogP contribution in [-0.4, -0.2) is 24.2 Å². The summed E-state index contributed by atoms with van der Waals surface area (Å²) in [6.45, 7) is 1.01. The number of aliphatic hydroxyl groups excluding tert-OH is 1. The zero-order valence-electron chi connectivity index (χ0n) is 11.1. The third-order valence-corrected chi connectivity index (χ3v) is 4.12. The minimum absolute atomic E-state index is 0.114. The molecule has 5 heteroatoms. The highest BCUT2D eigenvalue weighted by Gasteiger charge is 2.37. The molecule has 1 heterocycles. The smallest absolute Gasteiger partial charge is 0.248 e. The van der Waals surface area contributed by atoms with Crippen LogP contribution in [0.3, 0.4) is 0 Å². The molecule has 2 aliphatic rings. The zero-order chi connectivity index (χ0) is 14.2. The van der Waals surface area contributed by atoms with Crippen molar-refractivity contribution < 1.29 is 23.4 Å². The van der Waals surface area contributed by atoms with Crippen LogP contribution in [0.4, 0.5) is 8.78 Å². The first-order valence-electron chi connectivity index (χ1n) is 7.01. The fourth-order valence-electron chi connectivity index (χ4n) is 2.89. The Bertz CT molecular complexity index is 480. The largest absolute Gasteiger partial charge is 0.486 e. The molecule has 1 unspecified atom stereocenters. The second-order valence-corrected chi connectivity index (χ2v) is 5.54. The van der Waals surface area contributed by atoms with Crippen LogP contribution in [0.15, 0.2) is 18.2 Å². The Balaban J connectivity index is 1.72. The number of hydrogen-bond donors (Lipinski definition) is 1. The molecular formula is C15H18F2O3. The highest BCUT2D eigenvalue weighted by atomic mass is 19.3. The fourth-order valence-corrected chi connectivity index (χ4v) is 2.89. The minimum Gasteiger partial charge on any atom is -0.486 e. The van der Waals surface area contributed by atoms with E-state index in [2.05, 4.69) is 0 Å². The molecule has 1 atom stereocenters. The normalized spacial score (nSPS) is 23.4. The van der Waals surface area contributed by atoms with Gasteiger partial charge in [-0.15, -0.1) is 0 Å². The number of halogens is 2. The van der Waals surface area contributed by atoms with Crippen LogP contribution in [0.2, 0.25) is 0 Å². The summed E-state index contributed by atoms with van der Waals surface area (Å²) in [5.74, 6) is -1.39. The van der Waals surface area contributed by atoms with Crippen LogP contribution in [0, 0.1) is 5.92 Å². The van der Waals surface area contributed by atoms with E-state index < -0.39 is 12.0 Å². The molecule has 0 amide bonds. The Hall–Kier alpha value is -1.36. The Morgan fingerprint density at radius 3 is 2.45 bits per heavy atom. The quantitative estimate of drug-likeness (QED) is 0.905. The average Bonchev–Trinajstić information content (AvgIpc) is 2.46. The molecule has 3 rings (SSSR count). The van der Waals surface area contributed by atoms with Crippen molar-refractivity contribution in [1.82, 2.24) is 0 Å². The van der Waals surface area contributed by atoms with Crippen molar-refractivity contribution in [1.29, 1.82) is 0 Å². The number of benzene rings is 1. The number of fused-ring (bicyclic) bond motifs is 1. The van der Waals surface area contributed by atoms with Crippen LogP contribution in [-0.2, 0) is 0 Å². The summed E-state index contributed by atoms with van der Waals surface area (Å²) in [6.07, 6.45) is -0.300. The summed E-state index contributed by atoms with van der Waals surface area (Å²) in [7, 11) is 0. The van der Waals surface area contributed by atoms with Crippen molar-refractivity contribution in [3.05, 3.63) is 23.8 Å². The molecule has 0 spiro atoms. The third-order valence-electron chi connectivity index (χ3n) is 4.12. The molecule has 1 aromatic rings. The van der Waals surface area contributed by atoms with Gasteiger partial charge in [0.1, 0.15) is 13.2 Å². The highest BCUT2D eigenvalue weighted by Crippen LogP contribution is 2.42. The summed E-state index contributed by atoms with van der Waals surface area (Å²) in [5, 5.41) is 10.4. The van der Waals surface area contributed by atoms with E-state index in [4.69, 9.17) is 9.47 Å². The lowest BCUT2D eigenvalue weighted by molar-refractivity contribution is -0.0627. The van der Waals surface area contributed by atoms with Crippen molar-refractivity contribution in [2.75, 3.05) is 13.2 Å². The number of rotatable bonds is 2. The summed E-state index contributed by atoms with van der Waals surface area (Å²) in [6, 6.07) is 5.31. The van der Waals surface area contributed by atoms with Gasteiger partial charge in [0, 0.05) is 12.8 Å². The second-order valence-electron chi connectivity index (χ2n) is 5.54. The second kappa shape index (κ2) is 5.20. The zero-order valence-corrected chi connectivity index (χ0v) is 11.1. The Labute approximate surface area is 116 Å². The van der Waals surface area contributed by atoms with Crippen molar-refractivity contribution in [3.8, 4) is 11.5 Å². The first kappa shape index (κ1) is 13.6. The number of hydrogen-bond acceptors (Lipinski definition) is 3. The topological polar surface area (TPSA) is 38.7 Å². The SMILES string of the molecule is OC(c1ccc2c(c1)OCCO2)C1CCC(F)(F)CC1. The van der Waals surface area contributed by atoms with Gasteiger partial charge in [-0.3, -0.25) is 0 Å². The molecular weight excluding hydrogens is 266 g/mol. The summed E-state index contributed by atoms with van der Waals surface area (Å²) in [5.41, 5.74) is 0.712. The van der Waals surface area contributed by atoms with E-state index in [1.54, 1.807) is 18.2 Å². The molecule has 0 aromatic heterocycles. The molecule has 1 aliphatic heterocycles. The van der Waals surface area contributed by atoms with E-state index >= 15 is 0 Å². The summed E-state index contributed by atoms with van der Waals surface area (Å²) in [4.78, 5) is 0. The molecule has 1 saturated carbocycles. The van der Waals surface area contributed by atoms with E-state index in [0.29, 0.717) is 43.1 Å². The van der Waals surface area contributed by atoms with Gasteiger partial charge in [-0.05, 0) is 36.5 Å². The van der Waals surface area contributed by atoms with Crippen molar-refractivity contribution in [2.24, 2.45) is 5.92 Å². The third kappa shape index (κ3) is 2.73. The maximum atomic E-state index is 13.2. The number of ether oxygens (including phenoxy) is 2. The van der Waals surface area contributed by atoms with Gasteiger partial charge in [0.25, 0.3) is 0 Å². The predicted molar refractivity (Wildman–Crippen MR) is 69.3 cm³/mol. The van der Waals surface area contributed by atoms with Crippen LogP contribution >= 0.6 is 0 Å². The Kier molecular flexibility index (Phi) is 3.54. The van der Waals surface area contributed by atoms with Crippen LogP contribution in [0.5, 0.6) is 11.5 Å². The molecule has 1 aliphatic carbocycles. The molecule has 1 N–H and O–H groups in total. The standard InChI is InChI=1S/C15H18F2O3/c16-15(17)5-3-10(4-6-15)14(18)11-1-2-12-13(9-11)20-8-7-19-12/h1-2,9-10,14,18H,3-8H2. The van der Waals surface area contributed by atoms with Gasteiger partial charge in [0.2, 0.25) is 5.92 Å². The highest BCUT2D eigenvalue weighted by molar-refractivity contribution is 5.44. The molecule has 0 radical (unpaired) electrons. The van der Waals surface area contributed by atoms with Gasteiger partial charge in [-0.1, -0.05) is 6.07 Å². The molecule has 0 bridgehead atoms. The summed E-state index contributed by atoms with van der Waals surface area (Å²) >= 11 is 0. The summed E-state index contributed by atoms with van der Waals surface area (Å²) < 4.78 is 37.2. The first-order valence-corrected chi connectivity index (χ1v) is 7.01. The number of aliphatic hydroxyl groups is 1. The van der Waals surface area contributed by atoms with Crippen LogP contribution < -0.4 is 9.47 Å². The van der Waals surface area contributed by atoms with Crippen LogP contribution in [0.1, 0.15) is 37.4 Å². The van der Waals surface area contributed by atoms with E-state index in [-0.39, 0.29) is 18.8 Å². The molecule has 1 aromatic carbocycles. The van der Waals surface area contributed by atoms with Crippen LogP contribution in [0.25, 0.3) is 0 Å². The molecule has 1 fully saturated rings. The maximum Gasteiger partial charge on any atom is 0.248 e. The Morgan fingerprint density at radius 1 is 1.10 bits per heavy atom. The van der Waals surface area contributed by atoms with Crippen molar-refractivity contribution >= 4 is 0 Å². The molecule has 20 heavy (non-hydrogen) atoms. The van der Waals surface area contributed by atoms with E-state index in [1.165, 1.54) is 0 Å². The maximum absolute atomic E-state index is 13.2. The van der Waals surface area contributed by atoms with Gasteiger partial charge in [-0.2, -0.15) is 0 Å². The van der Waals surface area contributed by atoms with E-state index in [9.17, 15) is 13.9 Å². The van der Waals surface area contributed by atoms with Gasteiger partial charge in [-0.25, -0.2) is 8.78 Å². The number of alkyl halides is 2. The van der Waals surface area contributed by atoms with Crippen molar-refractivity contribution in [3.63, 3.8) is 0 Å². The van der Waals surface area contributed by atoms with Gasteiger partial charge in [0.05, 0.1) is 6.10 Å². The van der Waals surface area contributed by atoms with Gasteiger partial charge < -0.3 is 14.6 Å². The fraction of sp³-hybridized carbons (Fsp3) is 0.600. The van der Waals surface area contributed by atoms with Gasteiger partial charge in [0.15, 0.2) is 11.5 Å². The average molecular weight is 284 g/mol. The molecule has 110 valence electrons. The first-order chi connectivity index (χ1) is 9.55. The van der Waals surface area contributed by atoms with E-state index in [0.717, 1.165) is 0 Å². The lowest BCUT2D eigenvalue weighted by Crippen LogP contribution is -2.27. The predicted octanol–water partition coefficient (Wildman–Crippen LogP) is 3.32. The van der Waals surface area contributed by atoms with Crippen molar-refractivity contribution in [2.45, 2.75) is 37.7 Å². The lowest BCUT2D eigenvalue weighted by atomic mass is 9.81. The molecule has 3 nitrogen and oxygen atoms in total.